The van der Waals surface area contributed by atoms with E-state index in [2.05, 4.69) is 0 Å². The zero-order chi connectivity index (χ0) is 24.8. The highest BCUT2D eigenvalue weighted by atomic mass is 16.5. The van der Waals surface area contributed by atoms with Crippen LogP contribution in [0.4, 0.5) is 0 Å². The van der Waals surface area contributed by atoms with E-state index in [4.69, 9.17) is 19.2 Å². The molecule has 1 atom stereocenters. The van der Waals surface area contributed by atoms with E-state index in [1.54, 1.807) is 38.5 Å². The molecule has 4 rings (SSSR count). The number of aromatic nitrogens is 2. The molecule has 4 aromatic rings. The number of para-hydroxylation sites is 2. The predicted molar refractivity (Wildman–Crippen MR) is 135 cm³/mol. The summed E-state index contributed by atoms with van der Waals surface area (Å²) in [7, 11) is 3.22. The first-order valence-corrected chi connectivity index (χ1v) is 11.6. The Morgan fingerprint density at radius 3 is 2.46 bits per heavy atom. The Bertz CT molecular complexity index is 1300. The van der Waals surface area contributed by atoms with Crippen molar-refractivity contribution in [3.8, 4) is 17.2 Å². The molecule has 0 aliphatic carbocycles. The van der Waals surface area contributed by atoms with Gasteiger partial charge in [-0.15, -0.1) is 0 Å². The molecule has 0 saturated heterocycles. The maximum absolute atomic E-state index is 11.8. The van der Waals surface area contributed by atoms with Crippen molar-refractivity contribution >= 4 is 16.8 Å². The van der Waals surface area contributed by atoms with Crippen LogP contribution >= 0.6 is 0 Å². The molecule has 7 heteroatoms. The summed E-state index contributed by atoms with van der Waals surface area (Å²) in [6.07, 6.45) is 0.271. The molecule has 0 saturated carbocycles. The van der Waals surface area contributed by atoms with Crippen molar-refractivity contribution in [3.63, 3.8) is 0 Å². The van der Waals surface area contributed by atoms with Crippen LogP contribution in [0.25, 0.3) is 11.0 Å². The van der Waals surface area contributed by atoms with Crippen LogP contribution in [0.2, 0.25) is 0 Å². The fourth-order valence-electron chi connectivity index (χ4n) is 4.03. The molecule has 1 N–H and O–H groups in total. The fourth-order valence-corrected chi connectivity index (χ4v) is 4.03. The number of aliphatic hydroxyl groups is 1. The number of benzene rings is 3. The third kappa shape index (κ3) is 5.63. The van der Waals surface area contributed by atoms with Gasteiger partial charge in [0.25, 0.3) is 0 Å². The normalized spacial score (nSPS) is 11.9. The van der Waals surface area contributed by atoms with Crippen molar-refractivity contribution < 1.29 is 24.1 Å². The van der Waals surface area contributed by atoms with Crippen LogP contribution in [0.15, 0.2) is 66.7 Å². The SMILES string of the molecule is CCC(=O)c1ccc(OCC(O)Cn2c(Cc3ccc(OC)c(OC)c3)nc3ccccc32)cc1. The highest BCUT2D eigenvalue weighted by Gasteiger charge is 2.16. The molecule has 0 aliphatic rings. The fraction of sp³-hybridized carbons (Fsp3) is 0.286. The molecule has 0 bridgehead atoms. The molecule has 0 amide bonds. The van der Waals surface area contributed by atoms with Crippen LogP contribution in [0.5, 0.6) is 17.2 Å². The van der Waals surface area contributed by atoms with Gasteiger partial charge in [-0.25, -0.2) is 4.98 Å². The van der Waals surface area contributed by atoms with Crippen LogP contribution in [0.3, 0.4) is 0 Å². The number of imidazole rings is 1. The first kappa shape index (κ1) is 24.3. The van der Waals surface area contributed by atoms with Crippen molar-refractivity contribution in [2.75, 3.05) is 20.8 Å². The van der Waals surface area contributed by atoms with Crippen LogP contribution in [0, 0.1) is 0 Å². The number of rotatable bonds is 11. The smallest absolute Gasteiger partial charge is 0.162 e. The van der Waals surface area contributed by atoms with Crippen LogP contribution in [0.1, 0.15) is 35.1 Å². The Morgan fingerprint density at radius 2 is 1.74 bits per heavy atom. The number of ether oxygens (including phenoxy) is 3. The largest absolute Gasteiger partial charge is 0.493 e. The van der Waals surface area contributed by atoms with Crippen molar-refractivity contribution in [1.82, 2.24) is 9.55 Å². The van der Waals surface area contributed by atoms with E-state index in [0.29, 0.717) is 42.2 Å². The van der Waals surface area contributed by atoms with Gasteiger partial charge in [0, 0.05) is 18.4 Å². The molecule has 35 heavy (non-hydrogen) atoms. The van der Waals surface area contributed by atoms with Gasteiger partial charge in [-0.1, -0.05) is 25.1 Å². The Hall–Kier alpha value is -3.84. The zero-order valence-corrected chi connectivity index (χ0v) is 20.2. The number of carbonyl (C=O) groups excluding carboxylic acids is 1. The second kappa shape index (κ2) is 11.1. The molecular weight excluding hydrogens is 444 g/mol. The van der Waals surface area contributed by atoms with Gasteiger partial charge in [0.2, 0.25) is 0 Å². The number of hydrogen-bond donors (Lipinski definition) is 1. The molecule has 1 unspecified atom stereocenters. The Balaban J connectivity index is 1.50. The van der Waals surface area contributed by atoms with Gasteiger partial charge in [-0.05, 0) is 54.1 Å². The number of aliphatic hydroxyl groups excluding tert-OH is 1. The Kier molecular flexibility index (Phi) is 7.67. The molecule has 1 heterocycles. The van der Waals surface area contributed by atoms with Crippen molar-refractivity contribution in [2.24, 2.45) is 0 Å². The van der Waals surface area contributed by atoms with Crippen molar-refractivity contribution in [2.45, 2.75) is 32.4 Å². The summed E-state index contributed by atoms with van der Waals surface area (Å²) in [5, 5.41) is 10.8. The van der Waals surface area contributed by atoms with Gasteiger partial charge in [-0.2, -0.15) is 0 Å². The highest BCUT2D eigenvalue weighted by molar-refractivity contribution is 5.95. The third-order valence-corrected chi connectivity index (χ3v) is 5.88. The first-order valence-electron chi connectivity index (χ1n) is 11.6. The van der Waals surface area contributed by atoms with Gasteiger partial charge in [0.05, 0.1) is 31.8 Å². The molecule has 1 aromatic heterocycles. The van der Waals surface area contributed by atoms with Gasteiger partial charge < -0.3 is 23.9 Å². The van der Waals surface area contributed by atoms with E-state index in [1.807, 2.05) is 54.0 Å². The minimum atomic E-state index is -0.756. The third-order valence-electron chi connectivity index (χ3n) is 5.88. The van der Waals surface area contributed by atoms with Crippen LogP contribution in [-0.4, -0.2) is 47.4 Å². The molecule has 0 spiro atoms. The van der Waals surface area contributed by atoms with Gasteiger partial charge in [0.15, 0.2) is 17.3 Å². The summed E-state index contributed by atoms with van der Waals surface area (Å²) < 4.78 is 18.6. The molecule has 0 radical (unpaired) electrons. The first-order chi connectivity index (χ1) is 17.0. The van der Waals surface area contributed by atoms with Gasteiger partial charge in [-0.3, -0.25) is 4.79 Å². The average molecular weight is 475 g/mol. The topological polar surface area (TPSA) is 82.8 Å². The number of Topliss-reactive ketones (excluding diaryl/α,β-unsaturated/α-hetero) is 1. The van der Waals surface area contributed by atoms with Gasteiger partial charge >= 0.3 is 0 Å². The number of methoxy groups -OCH3 is 2. The summed E-state index contributed by atoms with van der Waals surface area (Å²) >= 11 is 0. The minimum Gasteiger partial charge on any atom is -0.493 e. The lowest BCUT2D eigenvalue weighted by atomic mass is 10.1. The number of fused-ring (bicyclic) bond motifs is 1. The van der Waals surface area contributed by atoms with Crippen molar-refractivity contribution in [3.05, 3.63) is 83.7 Å². The standard InChI is InChI=1S/C28H30N2O5/c1-4-25(32)20-10-12-22(13-11-20)35-18-21(31)17-30-24-8-6-5-7-23(24)29-28(30)16-19-9-14-26(33-2)27(15-19)34-3/h5-15,21,31H,4,16-18H2,1-3H3. The maximum atomic E-state index is 11.8. The number of carbonyl (C=O) groups is 1. The number of hydrogen-bond acceptors (Lipinski definition) is 6. The quantitative estimate of drug-likeness (QED) is 0.318. The van der Waals surface area contributed by atoms with Crippen LogP contribution in [-0.2, 0) is 13.0 Å². The molecular formula is C28H30N2O5. The molecule has 0 fully saturated rings. The monoisotopic (exact) mass is 474 g/mol. The summed E-state index contributed by atoms with van der Waals surface area (Å²) in [6.45, 7) is 2.28. The molecule has 0 aliphatic heterocycles. The molecule has 3 aromatic carbocycles. The lowest BCUT2D eigenvalue weighted by molar-refractivity contribution is 0.0926. The second-order valence-electron chi connectivity index (χ2n) is 8.26. The lowest BCUT2D eigenvalue weighted by Crippen LogP contribution is -2.24. The van der Waals surface area contributed by atoms with Gasteiger partial charge in [0.1, 0.15) is 24.3 Å². The van der Waals surface area contributed by atoms with E-state index in [9.17, 15) is 9.90 Å². The summed E-state index contributed by atoms with van der Waals surface area (Å²) in [6, 6.07) is 20.7. The zero-order valence-electron chi connectivity index (χ0n) is 20.2. The predicted octanol–water partition coefficient (Wildman–Crippen LogP) is 4.68. The maximum Gasteiger partial charge on any atom is 0.162 e. The van der Waals surface area contributed by atoms with E-state index in [-0.39, 0.29) is 12.4 Å². The Labute approximate surface area is 204 Å². The average Bonchev–Trinajstić information content (AvgIpc) is 3.23. The second-order valence-corrected chi connectivity index (χ2v) is 8.26. The van der Waals surface area contributed by atoms with Crippen LogP contribution < -0.4 is 14.2 Å². The van der Waals surface area contributed by atoms with Crippen molar-refractivity contribution in [1.29, 1.82) is 0 Å². The van der Waals surface area contributed by atoms with E-state index in [0.717, 1.165) is 22.4 Å². The van der Waals surface area contributed by atoms with E-state index in [1.165, 1.54) is 0 Å². The molecule has 182 valence electrons. The summed E-state index contributed by atoms with van der Waals surface area (Å²) in [4.78, 5) is 16.6. The van der Waals surface area contributed by atoms with E-state index >= 15 is 0 Å². The summed E-state index contributed by atoms with van der Waals surface area (Å²) in [5.41, 5.74) is 3.49. The number of nitrogens with zero attached hydrogens (tertiary/aromatic N) is 2. The summed E-state index contributed by atoms with van der Waals surface area (Å²) in [5.74, 6) is 2.86. The lowest BCUT2D eigenvalue weighted by Gasteiger charge is -2.16. The molecule has 7 nitrogen and oxygen atoms in total. The number of ketones is 1. The minimum absolute atomic E-state index is 0.0885. The highest BCUT2D eigenvalue weighted by Crippen LogP contribution is 2.29. The Morgan fingerprint density at radius 1 is 1.00 bits per heavy atom. The van der Waals surface area contributed by atoms with E-state index < -0.39 is 6.10 Å².